The number of hydrogen-bond donors (Lipinski definition) is 3. The second-order valence-corrected chi connectivity index (χ2v) is 4.44. The minimum absolute atomic E-state index is 0.0845. The molecule has 1 fully saturated rings. The highest BCUT2D eigenvalue weighted by Crippen LogP contribution is 2.19. The van der Waals surface area contributed by atoms with Gasteiger partial charge in [-0.1, -0.05) is 30.3 Å². The van der Waals surface area contributed by atoms with Crippen molar-refractivity contribution in [3.05, 3.63) is 30.3 Å². The lowest BCUT2D eigenvalue weighted by Gasteiger charge is -2.30. The molecule has 3 N–H and O–H groups in total. The Morgan fingerprint density at radius 3 is 2.26 bits per heavy atom. The fourth-order valence-electron chi connectivity index (χ4n) is 1.74. The summed E-state index contributed by atoms with van der Waals surface area (Å²) in [7, 11) is 0.279. The second-order valence-electron chi connectivity index (χ2n) is 4.44. The number of methoxy groups -OCH3 is 1. The third-order valence-corrected chi connectivity index (χ3v) is 2.97. The SMILES string of the molecule is COC1CCC(O)[C@H](C)O1.OB(O)c1ccccc1. The molecule has 1 saturated heterocycles. The van der Waals surface area contributed by atoms with E-state index in [1.54, 1.807) is 31.4 Å². The summed E-state index contributed by atoms with van der Waals surface area (Å²) in [5.74, 6) is 0. The lowest BCUT2D eigenvalue weighted by Crippen LogP contribution is -2.37. The summed E-state index contributed by atoms with van der Waals surface area (Å²) >= 11 is 0. The van der Waals surface area contributed by atoms with Gasteiger partial charge in [0.2, 0.25) is 0 Å². The minimum atomic E-state index is -1.34. The van der Waals surface area contributed by atoms with Crippen molar-refractivity contribution in [1.82, 2.24) is 0 Å². The fourth-order valence-corrected chi connectivity index (χ4v) is 1.74. The van der Waals surface area contributed by atoms with E-state index in [0.717, 1.165) is 12.8 Å². The molecule has 1 aromatic rings. The molecule has 0 amide bonds. The largest absolute Gasteiger partial charge is 0.488 e. The molecular formula is C13H21BO5. The summed E-state index contributed by atoms with van der Waals surface area (Å²) < 4.78 is 10.3. The Bertz CT molecular complexity index is 346. The van der Waals surface area contributed by atoms with Crippen LogP contribution in [0, 0.1) is 0 Å². The van der Waals surface area contributed by atoms with Gasteiger partial charge >= 0.3 is 7.12 Å². The van der Waals surface area contributed by atoms with Gasteiger partial charge < -0.3 is 24.6 Å². The molecule has 1 aliphatic heterocycles. The Morgan fingerprint density at radius 1 is 1.21 bits per heavy atom. The van der Waals surface area contributed by atoms with E-state index in [1.165, 1.54) is 0 Å². The molecule has 106 valence electrons. The standard InChI is InChI=1S/C7H14O3.C6H7BO2/c1-5-6(8)3-4-7(9-2)10-5;8-7(9)6-4-2-1-3-5-6/h5-8H,3-4H2,1-2H3;1-5,8-9H/t5-,6?,7?;/m0./s1. The van der Waals surface area contributed by atoms with E-state index in [2.05, 4.69) is 0 Å². The van der Waals surface area contributed by atoms with Crippen molar-refractivity contribution < 1.29 is 24.6 Å². The van der Waals surface area contributed by atoms with Crippen LogP contribution in [0.25, 0.3) is 0 Å². The van der Waals surface area contributed by atoms with E-state index in [-0.39, 0.29) is 18.5 Å². The molecular weight excluding hydrogens is 247 g/mol. The van der Waals surface area contributed by atoms with Crippen LogP contribution in [0.15, 0.2) is 30.3 Å². The molecule has 3 atom stereocenters. The van der Waals surface area contributed by atoms with E-state index in [4.69, 9.17) is 19.5 Å². The van der Waals surface area contributed by atoms with Gasteiger partial charge in [0.05, 0.1) is 12.2 Å². The molecule has 5 nitrogen and oxygen atoms in total. The molecule has 1 aromatic carbocycles. The van der Waals surface area contributed by atoms with Crippen LogP contribution in [0.2, 0.25) is 0 Å². The lowest BCUT2D eigenvalue weighted by atomic mass is 9.81. The van der Waals surface area contributed by atoms with Crippen molar-refractivity contribution >= 4 is 12.6 Å². The molecule has 1 aliphatic rings. The van der Waals surface area contributed by atoms with Crippen LogP contribution in [0.4, 0.5) is 0 Å². The Hall–Kier alpha value is -0.915. The molecule has 2 unspecified atom stereocenters. The molecule has 0 saturated carbocycles. The zero-order valence-electron chi connectivity index (χ0n) is 11.3. The highest BCUT2D eigenvalue weighted by atomic mass is 16.7. The molecule has 2 rings (SSSR count). The van der Waals surface area contributed by atoms with Gasteiger partial charge in [0.25, 0.3) is 0 Å². The first kappa shape index (κ1) is 16.1. The highest BCUT2D eigenvalue weighted by Gasteiger charge is 2.25. The van der Waals surface area contributed by atoms with Crippen molar-refractivity contribution in [2.24, 2.45) is 0 Å². The van der Waals surface area contributed by atoms with Crippen molar-refractivity contribution in [3.8, 4) is 0 Å². The normalized spacial score (nSPS) is 26.3. The summed E-state index contributed by atoms with van der Waals surface area (Å²) in [6.07, 6.45) is 1.06. The van der Waals surface area contributed by atoms with Gasteiger partial charge in [0, 0.05) is 13.5 Å². The van der Waals surface area contributed by atoms with Gasteiger partial charge in [-0.15, -0.1) is 0 Å². The van der Waals surface area contributed by atoms with Crippen molar-refractivity contribution in [3.63, 3.8) is 0 Å². The van der Waals surface area contributed by atoms with Gasteiger partial charge in [-0.3, -0.25) is 0 Å². The van der Waals surface area contributed by atoms with E-state index in [1.807, 2.05) is 13.0 Å². The van der Waals surface area contributed by atoms with E-state index in [0.29, 0.717) is 5.46 Å². The Kier molecular flexibility index (Phi) is 7.05. The van der Waals surface area contributed by atoms with Crippen LogP contribution in [0.1, 0.15) is 19.8 Å². The molecule has 0 radical (unpaired) electrons. The first-order chi connectivity index (χ1) is 9.04. The molecule has 0 bridgehead atoms. The number of rotatable bonds is 2. The molecule has 19 heavy (non-hydrogen) atoms. The van der Waals surface area contributed by atoms with Gasteiger partial charge in [0.15, 0.2) is 6.29 Å². The van der Waals surface area contributed by atoms with Crippen LogP contribution in [-0.4, -0.2) is 47.9 Å². The number of benzene rings is 1. The molecule has 0 spiro atoms. The quantitative estimate of drug-likeness (QED) is 0.652. The predicted octanol–water partition coefficient (Wildman–Crippen LogP) is -0.115. The Balaban J connectivity index is 0.000000191. The minimum Gasteiger partial charge on any atom is -0.423 e. The van der Waals surface area contributed by atoms with Gasteiger partial charge in [-0.2, -0.15) is 0 Å². The monoisotopic (exact) mass is 268 g/mol. The average molecular weight is 268 g/mol. The summed E-state index contributed by atoms with van der Waals surface area (Å²) in [6, 6.07) is 8.66. The maximum absolute atomic E-state index is 9.21. The van der Waals surface area contributed by atoms with E-state index in [9.17, 15) is 5.11 Å². The predicted molar refractivity (Wildman–Crippen MR) is 72.9 cm³/mol. The number of ether oxygens (including phenoxy) is 2. The molecule has 0 aliphatic carbocycles. The maximum atomic E-state index is 9.21. The van der Waals surface area contributed by atoms with Crippen LogP contribution >= 0.6 is 0 Å². The van der Waals surface area contributed by atoms with Crippen LogP contribution < -0.4 is 5.46 Å². The van der Waals surface area contributed by atoms with Crippen LogP contribution in [0.3, 0.4) is 0 Å². The summed E-state index contributed by atoms with van der Waals surface area (Å²) in [6.45, 7) is 1.86. The summed E-state index contributed by atoms with van der Waals surface area (Å²) in [5, 5.41) is 26.4. The Morgan fingerprint density at radius 2 is 1.84 bits per heavy atom. The fraction of sp³-hybridized carbons (Fsp3) is 0.538. The zero-order chi connectivity index (χ0) is 14.3. The van der Waals surface area contributed by atoms with Gasteiger partial charge in [-0.05, 0) is 18.8 Å². The van der Waals surface area contributed by atoms with E-state index < -0.39 is 7.12 Å². The van der Waals surface area contributed by atoms with Crippen molar-refractivity contribution in [1.29, 1.82) is 0 Å². The lowest BCUT2D eigenvalue weighted by molar-refractivity contribution is -0.206. The van der Waals surface area contributed by atoms with Gasteiger partial charge in [0.1, 0.15) is 0 Å². The average Bonchev–Trinajstić information content (AvgIpc) is 2.43. The third-order valence-electron chi connectivity index (χ3n) is 2.97. The number of hydrogen-bond acceptors (Lipinski definition) is 5. The Labute approximate surface area is 113 Å². The van der Waals surface area contributed by atoms with Crippen molar-refractivity contribution in [2.45, 2.75) is 38.3 Å². The topological polar surface area (TPSA) is 79.2 Å². The number of aliphatic hydroxyl groups is 1. The first-order valence-corrected chi connectivity index (χ1v) is 6.32. The van der Waals surface area contributed by atoms with Crippen LogP contribution in [0.5, 0.6) is 0 Å². The number of aliphatic hydroxyl groups excluding tert-OH is 1. The first-order valence-electron chi connectivity index (χ1n) is 6.32. The summed E-state index contributed by atoms with van der Waals surface area (Å²) in [4.78, 5) is 0. The third kappa shape index (κ3) is 5.71. The summed E-state index contributed by atoms with van der Waals surface area (Å²) in [5.41, 5.74) is 0.525. The smallest absolute Gasteiger partial charge is 0.423 e. The molecule has 6 heteroatoms. The molecule has 1 heterocycles. The second kappa shape index (κ2) is 8.29. The van der Waals surface area contributed by atoms with Crippen LogP contribution in [-0.2, 0) is 9.47 Å². The van der Waals surface area contributed by atoms with Crippen molar-refractivity contribution in [2.75, 3.05) is 7.11 Å². The van der Waals surface area contributed by atoms with E-state index >= 15 is 0 Å². The molecule has 0 aromatic heterocycles. The highest BCUT2D eigenvalue weighted by molar-refractivity contribution is 6.58. The zero-order valence-corrected chi connectivity index (χ0v) is 11.3. The maximum Gasteiger partial charge on any atom is 0.488 e. The van der Waals surface area contributed by atoms with Gasteiger partial charge in [-0.25, -0.2) is 0 Å².